The summed E-state index contributed by atoms with van der Waals surface area (Å²) in [6, 6.07) is 8.98. The summed E-state index contributed by atoms with van der Waals surface area (Å²) in [7, 11) is 0. The fourth-order valence-electron chi connectivity index (χ4n) is 1.60. The van der Waals surface area contributed by atoms with E-state index in [1.807, 2.05) is 0 Å². The molecular weight excluding hydrogens is 230 g/mol. The van der Waals surface area contributed by atoms with Gasteiger partial charge in [-0.1, -0.05) is 5.16 Å². The molecule has 90 valence electrons. The number of hydrogen-bond donors (Lipinski definition) is 0. The lowest BCUT2D eigenvalue weighted by Crippen LogP contribution is -1.97. The highest BCUT2D eigenvalue weighted by molar-refractivity contribution is 5.34. The molecule has 0 N–H and O–H groups in total. The third kappa shape index (κ3) is 2.33. The topological polar surface area (TPSA) is 71.9 Å². The van der Waals surface area contributed by atoms with Crippen molar-refractivity contribution in [1.82, 2.24) is 10.1 Å². The molecule has 1 saturated carbocycles. The second-order valence-electron chi connectivity index (χ2n) is 4.25. The Hall–Kier alpha value is -2.35. The van der Waals surface area contributed by atoms with Gasteiger partial charge >= 0.3 is 0 Å². The summed E-state index contributed by atoms with van der Waals surface area (Å²) in [5.41, 5.74) is 0.609. The van der Waals surface area contributed by atoms with Crippen LogP contribution in [0.2, 0.25) is 0 Å². The molecule has 0 aliphatic heterocycles. The lowest BCUT2D eigenvalue weighted by molar-refractivity contribution is 0.285. The number of hydrogen-bond acceptors (Lipinski definition) is 5. The first-order valence-corrected chi connectivity index (χ1v) is 5.80. The fourth-order valence-corrected chi connectivity index (χ4v) is 1.60. The van der Waals surface area contributed by atoms with Gasteiger partial charge in [0.25, 0.3) is 0 Å². The summed E-state index contributed by atoms with van der Waals surface area (Å²) in [6.07, 6.45) is 2.27. The third-order valence-corrected chi connectivity index (χ3v) is 2.76. The van der Waals surface area contributed by atoms with Crippen LogP contribution in [0.4, 0.5) is 0 Å². The van der Waals surface area contributed by atoms with Crippen molar-refractivity contribution in [2.24, 2.45) is 0 Å². The van der Waals surface area contributed by atoms with Crippen LogP contribution in [-0.4, -0.2) is 10.1 Å². The van der Waals surface area contributed by atoms with Gasteiger partial charge in [-0.05, 0) is 37.1 Å². The molecule has 1 aromatic carbocycles. The van der Waals surface area contributed by atoms with Crippen molar-refractivity contribution in [2.45, 2.75) is 25.4 Å². The molecule has 0 atom stereocenters. The second-order valence-corrected chi connectivity index (χ2v) is 4.25. The Morgan fingerprint density at radius 1 is 1.33 bits per heavy atom. The highest BCUT2D eigenvalue weighted by atomic mass is 16.5. The summed E-state index contributed by atoms with van der Waals surface area (Å²) >= 11 is 0. The molecular formula is C13H11N3O2. The Bertz CT molecular complexity index is 579. The van der Waals surface area contributed by atoms with Gasteiger partial charge in [0, 0.05) is 5.92 Å². The first-order chi connectivity index (χ1) is 8.85. The van der Waals surface area contributed by atoms with Crippen molar-refractivity contribution in [3.05, 3.63) is 41.5 Å². The minimum atomic E-state index is 0.280. The minimum absolute atomic E-state index is 0.280. The molecule has 0 amide bonds. The van der Waals surface area contributed by atoms with Crippen molar-refractivity contribution in [3.8, 4) is 11.8 Å². The Morgan fingerprint density at radius 3 is 2.78 bits per heavy atom. The van der Waals surface area contributed by atoms with E-state index in [1.54, 1.807) is 24.3 Å². The summed E-state index contributed by atoms with van der Waals surface area (Å²) in [4.78, 5) is 4.27. The zero-order chi connectivity index (χ0) is 12.4. The maximum Gasteiger partial charge on any atom is 0.229 e. The highest BCUT2D eigenvalue weighted by Crippen LogP contribution is 2.38. The number of nitrogens with zero attached hydrogens (tertiary/aromatic N) is 3. The predicted molar refractivity (Wildman–Crippen MR) is 61.8 cm³/mol. The van der Waals surface area contributed by atoms with Crippen LogP contribution in [0, 0.1) is 11.3 Å². The van der Waals surface area contributed by atoms with Crippen molar-refractivity contribution in [2.75, 3.05) is 0 Å². The molecule has 1 fully saturated rings. The van der Waals surface area contributed by atoms with Gasteiger partial charge in [-0.25, -0.2) is 0 Å². The Balaban J connectivity index is 1.60. The Kier molecular flexibility index (Phi) is 2.69. The van der Waals surface area contributed by atoms with Gasteiger partial charge in [-0.15, -0.1) is 0 Å². The quantitative estimate of drug-likeness (QED) is 0.821. The standard InChI is InChI=1S/C13H11N3O2/c14-7-9-1-5-11(6-2-9)17-8-12-15-13(18-16-12)10-3-4-10/h1-2,5-6,10H,3-4,8H2. The molecule has 1 aromatic heterocycles. The van der Waals surface area contributed by atoms with Crippen LogP contribution in [0.15, 0.2) is 28.8 Å². The molecule has 1 aliphatic carbocycles. The first-order valence-electron chi connectivity index (χ1n) is 5.80. The average Bonchev–Trinajstić information content (AvgIpc) is 3.16. The van der Waals surface area contributed by atoms with Gasteiger partial charge in [0.05, 0.1) is 11.6 Å². The molecule has 0 radical (unpaired) electrons. The van der Waals surface area contributed by atoms with Crippen LogP contribution in [0.3, 0.4) is 0 Å². The van der Waals surface area contributed by atoms with E-state index >= 15 is 0 Å². The molecule has 0 saturated heterocycles. The van der Waals surface area contributed by atoms with Crippen LogP contribution >= 0.6 is 0 Å². The van der Waals surface area contributed by atoms with E-state index in [4.69, 9.17) is 14.5 Å². The van der Waals surface area contributed by atoms with E-state index in [0.29, 0.717) is 28.9 Å². The van der Waals surface area contributed by atoms with E-state index < -0.39 is 0 Å². The monoisotopic (exact) mass is 241 g/mol. The second kappa shape index (κ2) is 4.49. The number of rotatable bonds is 4. The van der Waals surface area contributed by atoms with Gasteiger partial charge in [-0.3, -0.25) is 0 Å². The first kappa shape index (κ1) is 10.8. The maximum absolute atomic E-state index is 8.67. The number of nitriles is 1. The van der Waals surface area contributed by atoms with Gasteiger partial charge in [0.15, 0.2) is 6.61 Å². The zero-order valence-electron chi connectivity index (χ0n) is 9.67. The van der Waals surface area contributed by atoms with Crippen molar-refractivity contribution in [3.63, 3.8) is 0 Å². The molecule has 3 rings (SSSR count). The van der Waals surface area contributed by atoms with E-state index in [-0.39, 0.29) is 6.61 Å². The van der Waals surface area contributed by atoms with Crippen LogP contribution < -0.4 is 4.74 Å². The molecule has 5 nitrogen and oxygen atoms in total. The van der Waals surface area contributed by atoms with Gasteiger partial charge < -0.3 is 9.26 Å². The van der Waals surface area contributed by atoms with Crippen LogP contribution in [0.25, 0.3) is 0 Å². The minimum Gasteiger partial charge on any atom is -0.485 e. The Morgan fingerprint density at radius 2 is 2.11 bits per heavy atom. The largest absolute Gasteiger partial charge is 0.485 e. The smallest absolute Gasteiger partial charge is 0.229 e. The van der Waals surface area contributed by atoms with Gasteiger partial charge in [0.1, 0.15) is 5.75 Å². The van der Waals surface area contributed by atoms with E-state index in [1.165, 1.54) is 0 Å². The van der Waals surface area contributed by atoms with Crippen molar-refractivity contribution in [1.29, 1.82) is 5.26 Å². The van der Waals surface area contributed by atoms with E-state index in [2.05, 4.69) is 16.2 Å². The predicted octanol–water partition coefficient (Wildman–Crippen LogP) is 2.40. The third-order valence-electron chi connectivity index (χ3n) is 2.76. The van der Waals surface area contributed by atoms with E-state index in [9.17, 15) is 0 Å². The summed E-state index contributed by atoms with van der Waals surface area (Å²) in [5, 5.41) is 12.5. The van der Waals surface area contributed by atoms with Crippen LogP contribution in [0.5, 0.6) is 5.75 Å². The molecule has 0 spiro atoms. The molecule has 1 aliphatic rings. The summed E-state index contributed by atoms with van der Waals surface area (Å²) in [5.74, 6) is 2.42. The SMILES string of the molecule is N#Cc1ccc(OCc2noc(C3CC3)n2)cc1. The molecule has 0 bridgehead atoms. The van der Waals surface area contributed by atoms with Crippen molar-refractivity contribution >= 4 is 0 Å². The van der Waals surface area contributed by atoms with Crippen molar-refractivity contribution < 1.29 is 9.26 Å². The highest BCUT2D eigenvalue weighted by Gasteiger charge is 2.29. The maximum atomic E-state index is 8.67. The fraction of sp³-hybridized carbons (Fsp3) is 0.308. The normalized spacial score (nSPS) is 14.2. The number of ether oxygens (including phenoxy) is 1. The number of aromatic nitrogens is 2. The van der Waals surface area contributed by atoms with Gasteiger partial charge in [0.2, 0.25) is 11.7 Å². The molecule has 1 heterocycles. The lowest BCUT2D eigenvalue weighted by Gasteiger charge is -2.02. The van der Waals surface area contributed by atoms with Gasteiger partial charge in [-0.2, -0.15) is 10.2 Å². The summed E-state index contributed by atoms with van der Waals surface area (Å²) in [6.45, 7) is 0.280. The molecule has 0 unspecified atom stereocenters. The van der Waals surface area contributed by atoms with Crippen LogP contribution in [-0.2, 0) is 6.61 Å². The zero-order valence-corrected chi connectivity index (χ0v) is 9.67. The van der Waals surface area contributed by atoms with Crippen LogP contribution in [0.1, 0.15) is 36.0 Å². The molecule has 18 heavy (non-hydrogen) atoms. The summed E-state index contributed by atoms with van der Waals surface area (Å²) < 4.78 is 10.6. The lowest BCUT2D eigenvalue weighted by atomic mass is 10.2. The molecule has 5 heteroatoms. The van der Waals surface area contributed by atoms with E-state index in [0.717, 1.165) is 12.8 Å². The number of benzene rings is 1. The average molecular weight is 241 g/mol. The Labute approximate surface area is 104 Å². The molecule has 2 aromatic rings.